The summed E-state index contributed by atoms with van der Waals surface area (Å²) in [4.78, 5) is 22.3. The Morgan fingerprint density at radius 1 is 1.47 bits per heavy atom. The molecule has 0 unspecified atom stereocenters. The molecule has 1 aromatic rings. The summed E-state index contributed by atoms with van der Waals surface area (Å²) in [5.74, 6) is -0.174. The number of urea groups is 1. The maximum absolute atomic E-state index is 11.3. The molecule has 0 spiro atoms. The van der Waals surface area contributed by atoms with Crippen LogP contribution in [0, 0.1) is 6.92 Å². The molecule has 1 heterocycles. The fourth-order valence-corrected chi connectivity index (χ4v) is 1.87. The molecule has 15 heavy (non-hydrogen) atoms. The molecule has 1 aromatic heterocycles. The molecule has 0 saturated heterocycles. The molecule has 3 amide bonds. The predicted octanol–water partition coefficient (Wildman–Crippen LogP) is 2.33. The van der Waals surface area contributed by atoms with E-state index in [1.54, 1.807) is 5.38 Å². The van der Waals surface area contributed by atoms with Gasteiger partial charge >= 0.3 is 6.03 Å². The van der Waals surface area contributed by atoms with Crippen LogP contribution in [0.15, 0.2) is 10.8 Å². The number of nitrogens with one attached hydrogen (secondary N) is 2. The number of anilines is 1. The van der Waals surface area contributed by atoms with Crippen molar-refractivity contribution in [3.63, 3.8) is 0 Å². The molecular weight excluding hydrogens is 236 g/mol. The molecule has 0 bridgehead atoms. The zero-order chi connectivity index (χ0) is 11.3. The fraction of sp³-hybridized carbons (Fsp3) is 0.333. The minimum Gasteiger partial charge on any atom is -0.307 e. The molecule has 0 aromatic carbocycles. The highest BCUT2D eigenvalue weighted by molar-refractivity contribution is 7.08. The van der Waals surface area contributed by atoms with Crippen molar-refractivity contribution in [3.05, 3.63) is 16.3 Å². The van der Waals surface area contributed by atoms with Crippen LogP contribution in [0.5, 0.6) is 0 Å². The molecular formula is C9H11ClN2O2S. The van der Waals surface area contributed by atoms with Crippen LogP contribution in [0.25, 0.3) is 0 Å². The Morgan fingerprint density at radius 3 is 2.73 bits per heavy atom. The summed E-state index contributed by atoms with van der Waals surface area (Å²) in [5.41, 5.74) is 1.69. The van der Waals surface area contributed by atoms with Gasteiger partial charge < -0.3 is 5.32 Å². The maximum Gasteiger partial charge on any atom is 0.325 e. The molecule has 0 aliphatic carbocycles. The van der Waals surface area contributed by atoms with Gasteiger partial charge in [-0.25, -0.2) is 4.79 Å². The summed E-state index contributed by atoms with van der Waals surface area (Å²) in [5, 5.41) is 8.47. The normalized spacial score (nSPS) is 9.73. The number of halogens is 1. The van der Waals surface area contributed by atoms with Crippen LogP contribution in [0.1, 0.15) is 12.0 Å². The summed E-state index contributed by atoms with van der Waals surface area (Å²) in [7, 11) is 0. The van der Waals surface area contributed by atoms with Gasteiger partial charge in [0.25, 0.3) is 0 Å². The van der Waals surface area contributed by atoms with E-state index in [0.29, 0.717) is 0 Å². The quantitative estimate of drug-likeness (QED) is 0.805. The summed E-state index contributed by atoms with van der Waals surface area (Å²) in [6, 6.07) is -0.522. The van der Waals surface area contributed by atoms with Gasteiger partial charge in [-0.1, -0.05) is 0 Å². The van der Waals surface area contributed by atoms with Crippen molar-refractivity contribution in [3.8, 4) is 0 Å². The van der Waals surface area contributed by atoms with E-state index in [9.17, 15) is 9.59 Å². The summed E-state index contributed by atoms with van der Waals surface area (Å²) in [6.07, 6.45) is 0.137. The molecule has 0 aliphatic heterocycles. The van der Waals surface area contributed by atoms with E-state index in [0.717, 1.165) is 11.3 Å². The SMILES string of the molecule is Cc1cscc1NC(=O)NC(=O)CCCl. The average molecular weight is 247 g/mol. The molecule has 2 N–H and O–H groups in total. The lowest BCUT2D eigenvalue weighted by atomic mass is 10.3. The fourth-order valence-electron chi connectivity index (χ4n) is 0.917. The van der Waals surface area contributed by atoms with E-state index < -0.39 is 6.03 Å². The first-order chi connectivity index (χ1) is 7.13. The van der Waals surface area contributed by atoms with E-state index >= 15 is 0 Å². The van der Waals surface area contributed by atoms with E-state index in [-0.39, 0.29) is 18.2 Å². The number of rotatable bonds is 3. The average Bonchev–Trinajstić information content (AvgIpc) is 2.52. The van der Waals surface area contributed by atoms with Gasteiger partial charge in [0.2, 0.25) is 5.91 Å². The number of carbonyl (C=O) groups is 2. The van der Waals surface area contributed by atoms with E-state index in [4.69, 9.17) is 11.6 Å². The smallest absolute Gasteiger partial charge is 0.307 e. The molecule has 4 nitrogen and oxygen atoms in total. The number of alkyl halides is 1. The standard InChI is InChI=1S/C9H11ClN2O2S/c1-6-4-15-5-7(6)11-9(14)12-8(13)2-3-10/h4-5H,2-3H2,1H3,(H2,11,12,13,14). The topological polar surface area (TPSA) is 58.2 Å². The van der Waals surface area contributed by atoms with Crippen molar-refractivity contribution in [2.75, 3.05) is 11.2 Å². The first-order valence-electron chi connectivity index (χ1n) is 4.33. The van der Waals surface area contributed by atoms with Crippen LogP contribution in [-0.2, 0) is 4.79 Å². The molecule has 0 fully saturated rings. The zero-order valence-electron chi connectivity index (χ0n) is 8.17. The molecule has 0 atom stereocenters. The summed E-state index contributed by atoms with van der Waals surface area (Å²) < 4.78 is 0. The highest BCUT2D eigenvalue weighted by Crippen LogP contribution is 2.18. The van der Waals surface area contributed by atoms with Crippen LogP contribution in [0.4, 0.5) is 10.5 Å². The van der Waals surface area contributed by atoms with Crippen LogP contribution in [-0.4, -0.2) is 17.8 Å². The molecule has 0 radical (unpaired) electrons. The van der Waals surface area contributed by atoms with Crippen LogP contribution in [0.3, 0.4) is 0 Å². The van der Waals surface area contributed by atoms with Crippen LogP contribution >= 0.6 is 22.9 Å². The second-order valence-corrected chi connectivity index (χ2v) is 4.03. The number of hydrogen-bond donors (Lipinski definition) is 2. The Hall–Kier alpha value is -1.07. The largest absolute Gasteiger partial charge is 0.325 e. The third-order valence-electron chi connectivity index (χ3n) is 1.68. The van der Waals surface area contributed by atoms with Gasteiger partial charge in [0.05, 0.1) is 5.69 Å². The van der Waals surface area contributed by atoms with Crippen molar-refractivity contribution < 1.29 is 9.59 Å². The number of carbonyl (C=O) groups excluding carboxylic acids is 2. The van der Waals surface area contributed by atoms with Gasteiger partial charge in [-0.15, -0.1) is 22.9 Å². The lowest BCUT2D eigenvalue weighted by Crippen LogP contribution is -2.34. The third kappa shape index (κ3) is 3.89. The Labute approximate surface area is 96.6 Å². The van der Waals surface area contributed by atoms with Gasteiger partial charge in [-0.3, -0.25) is 10.1 Å². The summed E-state index contributed by atoms with van der Waals surface area (Å²) >= 11 is 6.85. The molecule has 6 heteroatoms. The molecule has 0 aliphatic rings. The van der Waals surface area contributed by atoms with Crippen LogP contribution in [0.2, 0.25) is 0 Å². The molecule has 1 rings (SSSR count). The monoisotopic (exact) mass is 246 g/mol. The van der Waals surface area contributed by atoms with E-state index in [2.05, 4.69) is 10.6 Å². The molecule has 0 saturated carbocycles. The highest BCUT2D eigenvalue weighted by Gasteiger charge is 2.08. The lowest BCUT2D eigenvalue weighted by Gasteiger charge is -2.04. The van der Waals surface area contributed by atoms with Crippen molar-refractivity contribution in [1.82, 2.24) is 5.32 Å². The number of hydrogen-bond acceptors (Lipinski definition) is 3. The predicted molar refractivity (Wildman–Crippen MR) is 61.6 cm³/mol. The van der Waals surface area contributed by atoms with Crippen molar-refractivity contribution in [2.24, 2.45) is 0 Å². The Bertz CT molecular complexity index is 365. The maximum atomic E-state index is 11.3. The zero-order valence-corrected chi connectivity index (χ0v) is 9.74. The van der Waals surface area contributed by atoms with Gasteiger partial charge in [-0.05, 0) is 17.9 Å². The second kappa shape index (κ2) is 5.72. The Morgan fingerprint density at radius 2 is 2.20 bits per heavy atom. The van der Waals surface area contributed by atoms with Crippen molar-refractivity contribution in [1.29, 1.82) is 0 Å². The van der Waals surface area contributed by atoms with Crippen LogP contribution < -0.4 is 10.6 Å². The summed E-state index contributed by atoms with van der Waals surface area (Å²) in [6.45, 7) is 1.88. The lowest BCUT2D eigenvalue weighted by molar-refractivity contribution is -0.119. The van der Waals surface area contributed by atoms with E-state index in [1.807, 2.05) is 12.3 Å². The van der Waals surface area contributed by atoms with Crippen molar-refractivity contribution in [2.45, 2.75) is 13.3 Å². The van der Waals surface area contributed by atoms with Gasteiger partial charge in [0.1, 0.15) is 0 Å². The number of amides is 3. The number of thiophene rings is 1. The number of imide groups is 1. The first-order valence-corrected chi connectivity index (χ1v) is 5.81. The third-order valence-corrected chi connectivity index (χ3v) is 2.73. The minimum absolute atomic E-state index is 0.137. The Kier molecular flexibility index (Phi) is 4.58. The van der Waals surface area contributed by atoms with Gasteiger partial charge in [0, 0.05) is 17.7 Å². The number of aryl methyl sites for hydroxylation is 1. The van der Waals surface area contributed by atoms with E-state index in [1.165, 1.54) is 11.3 Å². The van der Waals surface area contributed by atoms with Gasteiger partial charge in [-0.2, -0.15) is 0 Å². The Balaban J connectivity index is 2.43. The van der Waals surface area contributed by atoms with Crippen molar-refractivity contribution >= 4 is 40.6 Å². The minimum atomic E-state index is -0.522. The first kappa shape index (κ1) is 12.0. The second-order valence-electron chi connectivity index (χ2n) is 2.91. The highest BCUT2D eigenvalue weighted by atomic mass is 35.5. The molecule has 82 valence electrons. The van der Waals surface area contributed by atoms with Gasteiger partial charge in [0.15, 0.2) is 0 Å².